The van der Waals surface area contributed by atoms with Crippen molar-refractivity contribution in [2.75, 3.05) is 40.0 Å². The molecule has 3 heterocycles. The van der Waals surface area contributed by atoms with Crippen molar-refractivity contribution in [3.63, 3.8) is 0 Å². The number of fused-ring (bicyclic) bond motifs is 1. The smallest absolute Gasteiger partial charge is 0.220 e. The molecule has 21 heavy (non-hydrogen) atoms. The summed E-state index contributed by atoms with van der Waals surface area (Å²) < 4.78 is 5.36. The number of rotatable bonds is 5. The summed E-state index contributed by atoms with van der Waals surface area (Å²) in [6.07, 6.45) is 2.64. The van der Waals surface area contributed by atoms with E-state index in [0.717, 1.165) is 31.6 Å². The second-order valence-corrected chi connectivity index (χ2v) is 5.91. The number of hydrogen-bond donors (Lipinski definition) is 1. The summed E-state index contributed by atoms with van der Waals surface area (Å²) in [6.45, 7) is 3.52. The highest BCUT2D eigenvalue weighted by atomic mass is 16.7. The molecule has 0 aliphatic carbocycles. The zero-order valence-corrected chi connectivity index (χ0v) is 12.4. The number of amides is 1. The van der Waals surface area contributed by atoms with Gasteiger partial charge < -0.3 is 19.7 Å². The standard InChI is InChI=1S/C14H23N3O4/c1-19-17-4-2-10(3-5-17)6-14(18)15-7-12-11-8-20-9-13(11)21-16-12/h10-11,13H,2-9H2,1H3,(H,15,18)/t11-,13-/m1/s1. The minimum absolute atomic E-state index is 0.0512. The Morgan fingerprint density at radius 1 is 1.43 bits per heavy atom. The third-order valence-corrected chi connectivity index (χ3v) is 4.53. The molecule has 0 radical (unpaired) electrons. The maximum Gasteiger partial charge on any atom is 0.220 e. The third-order valence-electron chi connectivity index (χ3n) is 4.53. The number of carbonyl (C=O) groups excluding carboxylic acids is 1. The Morgan fingerprint density at radius 3 is 3.00 bits per heavy atom. The van der Waals surface area contributed by atoms with Crippen molar-refractivity contribution >= 4 is 11.6 Å². The topological polar surface area (TPSA) is 72.4 Å². The quantitative estimate of drug-likeness (QED) is 0.783. The second kappa shape index (κ2) is 6.72. The van der Waals surface area contributed by atoms with Crippen LogP contribution in [0.1, 0.15) is 19.3 Å². The fraction of sp³-hybridized carbons (Fsp3) is 0.857. The fourth-order valence-corrected chi connectivity index (χ4v) is 3.14. The van der Waals surface area contributed by atoms with E-state index in [1.807, 2.05) is 5.06 Å². The van der Waals surface area contributed by atoms with E-state index in [4.69, 9.17) is 14.4 Å². The van der Waals surface area contributed by atoms with Crippen LogP contribution >= 0.6 is 0 Å². The highest BCUT2D eigenvalue weighted by molar-refractivity contribution is 5.93. The second-order valence-electron chi connectivity index (χ2n) is 5.91. The minimum Gasteiger partial charge on any atom is -0.389 e. The number of hydrogen-bond acceptors (Lipinski definition) is 6. The largest absolute Gasteiger partial charge is 0.389 e. The van der Waals surface area contributed by atoms with Crippen molar-refractivity contribution in [3.8, 4) is 0 Å². The lowest BCUT2D eigenvalue weighted by atomic mass is 9.94. The number of carbonyl (C=O) groups is 1. The van der Waals surface area contributed by atoms with Gasteiger partial charge >= 0.3 is 0 Å². The molecule has 1 amide bonds. The maximum atomic E-state index is 12.0. The molecule has 2 saturated heterocycles. The van der Waals surface area contributed by atoms with E-state index in [2.05, 4.69) is 10.5 Å². The molecule has 2 fully saturated rings. The highest BCUT2D eigenvalue weighted by Gasteiger charge is 2.39. The number of nitrogens with one attached hydrogen (secondary N) is 1. The van der Waals surface area contributed by atoms with E-state index in [0.29, 0.717) is 32.1 Å². The molecule has 0 aromatic rings. The Balaban J connectivity index is 1.37. The van der Waals surface area contributed by atoms with Crippen LogP contribution in [0.4, 0.5) is 0 Å². The van der Waals surface area contributed by atoms with Gasteiger partial charge in [-0.05, 0) is 18.8 Å². The van der Waals surface area contributed by atoms with Crippen LogP contribution in [0, 0.1) is 11.8 Å². The molecule has 7 heteroatoms. The molecule has 0 aromatic carbocycles. The summed E-state index contributed by atoms with van der Waals surface area (Å²) in [4.78, 5) is 22.5. The fourth-order valence-electron chi connectivity index (χ4n) is 3.14. The molecule has 0 bridgehead atoms. The van der Waals surface area contributed by atoms with Crippen LogP contribution in [0.5, 0.6) is 0 Å². The lowest BCUT2D eigenvalue weighted by molar-refractivity contribution is -0.149. The Labute approximate surface area is 124 Å². The Morgan fingerprint density at radius 2 is 2.24 bits per heavy atom. The lowest BCUT2D eigenvalue weighted by Crippen LogP contribution is -2.37. The molecule has 118 valence electrons. The van der Waals surface area contributed by atoms with Crippen molar-refractivity contribution in [2.45, 2.75) is 25.4 Å². The van der Waals surface area contributed by atoms with Crippen LogP contribution in [0.15, 0.2) is 5.16 Å². The molecule has 7 nitrogen and oxygen atoms in total. The highest BCUT2D eigenvalue weighted by Crippen LogP contribution is 2.24. The molecule has 3 aliphatic rings. The molecule has 0 aromatic heterocycles. The van der Waals surface area contributed by atoms with E-state index in [1.165, 1.54) is 0 Å². The molecule has 3 aliphatic heterocycles. The molecular weight excluding hydrogens is 274 g/mol. The lowest BCUT2D eigenvalue weighted by Gasteiger charge is -2.29. The first-order valence-corrected chi connectivity index (χ1v) is 7.62. The predicted molar refractivity (Wildman–Crippen MR) is 75.5 cm³/mol. The van der Waals surface area contributed by atoms with Crippen molar-refractivity contribution in [1.82, 2.24) is 10.4 Å². The van der Waals surface area contributed by atoms with Crippen LogP contribution in [0.25, 0.3) is 0 Å². The molecule has 3 rings (SSSR count). The minimum atomic E-state index is 0.0512. The van der Waals surface area contributed by atoms with Crippen LogP contribution in [-0.4, -0.2) is 62.7 Å². The Hall–Kier alpha value is -1.18. The van der Waals surface area contributed by atoms with Gasteiger partial charge in [0.25, 0.3) is 0 Å². The third kappa shape index (κ3) is 3.53. The molecule has 0 unspecified atom stereocenters. The zero-order chi connectivity index (χ0) is 14.7. The first-order valence-electron chi connectivity index (χ1n) is 7.62. The zero-order valence-electron chi connectivity index (χ0n) is 12.4. The SMILES string of the molecule is CON1CCC(CC(=O)NCC2=NO[C@@H]3COC[C@H]23)CC1. The molecule has 1 N–H and O–H groups in total. The summed E-state index contributed by atoms with van der Waals surface area (Å²) in [5, 5.41) is 8.96. The van der Waals surface area contributed by atoms with Crippen molar-refractivity contribution < 1.29 is 19.2 Å². The van der Waals surface area contributed by atoms with Gasteiger partial charge in [0.05, 0.1) is 38.5 Å². The number of oxime groups is 1. The number of hydroxylamine groups is 2. The van der Waals surface area contributed by atoms with Crippen molar-refractivity contribution in [2.24, 2.45) is 17.0 Å². The monoisotopic (exact) mass is 297 g/mol. The first-order chi connectivity index (χ1) is 10.3. The van der Waals surface area contributed by atoms with E-state index in [-0.39, 0.29) is 17.9 Å². The molecule has 2 atom stereocenters. The summed E-state index contributed by atoms with van der Waals surface area (Å²) in [7, 11) is 1.69. The number of nitrogens with zero attached hydrogens (tertiary/aromatic N) is 2. The van der Waals surface area contributed by atoms with Gasteiger partial charge in [-0.25, -0.2) is 0 Å². The van der Waals surface area contributed by atoms with Crippen LogP contribution < -0.4 is 5.32 Å². The average molecular weight is 297 g/mol. The van der Waals surface area contributed by atoms with E-state index >= 15 is 0 Å². The van der Waals surface area contributed by atoms with Gasteiger partial charge in [-0.1, -0.05) is 5.16 Å². The van der Waals surface area contributed by atoms with Gasteiger partial charge in [-0.2, -0.15) is 5.06 Å². The van der Waals surface area contributed by atoms with Crippen LogP contribution in [0.3, 0.4) is 0 Å². The normalized spacial score (nSPS) is 29.9. The summed E-state index contributed by atoms with van der Waals surface area (Å²) >= 11 is 0. The van der Waals surface area contributed by atoms with Crippen LogP contribution in [0.2, 0.25) is 0 Å². The molecule has 0 spiro atoms. The van der Waals surface area contributed by atoms with Gasteiger partial charge in [-0.15, -0.1) is 0 Å². The van der Waals surface area contributed by atoms with E-state index in [9.17, 15) is 4.79 Å². The predicted octanol–water partition coefficient (Wildman–Crippen LogP) is 0.167. The molecule has 0 saturated carbocycles. The molecular formula is C14H23N3O4. The van der Waals surface area contributed by atoms with Gasteiger partial charge in [0.15, 0.2) is 6.10 Å². The first kappa shape index (κ1) is 14.7. The maximum absolute atomic E-state index is 12.0. The van der Waals surface area contributed by atoms with Gasteiger partial charge in [0, 0.05) is 19.5 Å². The Bertz CT molecular complexity index is 407. The van der Waals surface area contributed by atoms with Crippen molar-refractivity contribution in [1.29, 1.82) is 0 Å². The summed E-state index contributed by atoms with van der Waals surface area (Å²) in [6, 6.07) is 0. The Kier molecular flexibility index (Phi) is 4.72. The van der Waals surface area contributed by atoms with E-state index < -0.39 is 0 Å². The number of piperidine rings is 1. The van der Waals surface area contributed by atoms with Crippen LogP contribution in [-0.2, 0) is 19.2 Å². The van der Waals surface area contributed by atoms with E-state index in [1.54, 1.807) is 7.11 Å². The van der Waals surface area contributed by atoms with Crippen molar-refractivity contribution in [3.05, 3.63) is 0 Å². The summed E-state index contributed by atoms with van der Waals surface area (Å²) in [5.41, 5.74) is 0.903. The van der Waals surface area contributed by atoms with Gasteiger partial charge in [0.1, 0.15) is 0 Å². The summed E-state index contributed by atoms with van der Waals surface area (Å²) in [5.74, 6) is 0.756. The van der Waals surface area contributed by atoms with Gasteiger partial charge in [-0.3, -0.25) is 4.79 Å². The van der Waals surface area contributed by atoms with Gasteiger partial charge in [0.2, 0.25) is 5.91 Å². The number of ether oxygens (including phenoxy) is 1. The average Bonchev–Trinajstić information content (AvgIpc) is 3.09.